The van der Waals surface area contributed by atoms with Crippen LogP contribution >= 0.6 is 7.60 Å². The second-order valence-electron chi connectivity index (χ2n) is 3.19. The minimum absolute atomic E-state index is 0.112. The van der Waals surface area contributed by atoms with E-state index in [1.807, 2.05) is 0 Å². The number of carbonyl (C=O) groups is 1. The summed E-state index contributed by atoms with van der Waals surface area (Å²) in [5, 5.41) is 0. The zero-order valence-corrected chi connectivity index (χ0v) is 11.8. The lowest BCUT2D eigenvalue weighted by Gasteiger charge is -2.16. The predicted molar refractivity (Wildman–Crippen MR) is 67.7 cm³/mol. The van der Waals surface area contributed by atoms with Crippen LogP contribution in [0.4, 0.5) is 0 Å². The summed E-state index contributed by atoms with van der Waals surface area (Å²) >= 11 is 0. The fraction of sp³-hybridized carbons (Fsp3) is 0.727. The highest BCUT2D eigenvalue weighted by Crippen LogP contribution is 2.47. The molecule has 0 aliphatic heterocycles. The first-order chi connectivity index (χ1) is 8.58. The van der Waals surface area contributed by atoms with Crippen LogP contribution in [0.1, 0.15) is 13.8 Å². The Morgan fingerprint density at radius 3 is 2.39 bits per heavy atom. The zero-order chi connectivity index (χ0) is 13.9. The van der Waals surface area contributed by atoms with E-state index in [2.05, 4.69) is 6.58 Å². The van der Waals surface area contributed by atoms with Crippen LogP contribution in [0.3, 0.4) is 0 Å². The van der Waals surface area contributed by atoms with Gasteiger partial charge in [0.05, 0.1) is 26.0 Å². The van der Waals surface area contributed by atoms with Crippen LogP contribution < -0.4 is 0 Å². The normalized spacial score (nSPS) is 11.2. The Hall–Kier alpha value is -0.680. The summed E-state index contributed by atoms with van der Waals surface area (Å²) in [6.45, 7) is 7.57. The Morgan fingerprint density at radius 2 is 1.89 bits per heavy atom. The zero-order valence-electron chi connectivity index (χ0n) is 10.9. The number of esters is 1. The summed E-state index contributed by atoms with van der Waals surface area (Å²) in [7, 11) is -3.09. The third-order valence-corrected chi connectivity index (χ3v) is 3.78. The number of rotatable bonds is 11. The van der Waals surface area contributed by atoms with Gasteiger partial charge in [0.25, 0.3) is 0 Å². The molecule has 0 spiro atoms. The SMILES string of the molecule is C=CCOC(=O)COCCP(=O)(OCC)OCC. The molecular formula is C11H21O6P. The summed E-state index contributed by atoms with van der Waals surface area (Å²) in [6.07, 6.45) is 1.58. The molecule has 18 heavy (non-hydrogen) atoms. The van der Waals surface area contributed by atoms with Crippen LogP contribution in [0, 0.1) is 0 Å². The van der Waals surface area contributed by atoms with Crippen LogP contribution in [0.25, 0.3) is 0 Å². The first kappa shape index (κ1) is 17.3. The van der Waals surface area contributed by atoms with E-state index in [0.717, 1.165) is 0 Å². The Bertz CT molecular complexity index is 281. The molecule has 0 bridgehead atoms. The monoisotopic (exact) mass is 280 g/mol. The van der Waals surface area contributed by atoms with Crippen molar-refractivity contribution in [2.75, 3.05) is 39.2 Å². The summed E-state index contributed by atoms with van der Waals surface area (Å²) < 4.78 is 31.9. The molecule has 0 atom stereocenters. The van der Waals surface area contributed by atoms with Crippen LogP contribution in [0.5, 0.6) is 0 Å². The highest BCUT2D eigenvalue weighted by atomic mass is 31.2. The standard InChI is InChI=1S/C11H21O6P/c1-4-7-15-11(12)10-14-8-9-18(13,16-5-2)17-6-3/h4H,1,5-10H2,2-3H3. The van der Waals surface area contributed by atoms with Gasteiger partial charge in [-0.1, -0.05) is 12.7 Å². The van der Waals surface area contributed by atoms with E-state index < -0.39 is 13.6 Å². The van der Waals surface area contributed by atoms with Gasteiger partial charge in [0, 0.05) is 0 Å². The molecule has 7 heteroatoms. The van der Waals surface area contributed by atoms with Crippen molar-refractivity contribution in [2.24, 2.45) is 0 Å². The van der Waals surface area contributed by atoms with Gasteiger partial charge in [-0.25, -0.2) is 4.79 Å². The van der Waals surface area contributed by atoms with Gasteiger partial charge in [-0.15, -0.1) is 0 Å². The first-order valence-corrected chi connectivity index (χ1v) is 7.53. The van der Waals surface area contributed by atoms with Gasteiger partial charge in [-0.2, -0.15) is 0 Å². The number of hydrogen-bond donors (Lipinski definition) is 0. The molecule has 0 rings (SSSR count). The minimum Gasteiger partial charge on any atom is -0.460 e. The Labute approximate surface area is 108 Å². The largest absolute Gasteiger partial charge is 0.460 e. The molecule has 0 aromatic carbocycles. The number of hydrogen-bond acceptors (Lipinski definition) is 6. The molecule has 0 aliphatic carbocycles. The van der Waals surface area contributed by atoms with Crippen molar-refractivity contribution >= 4 is 13.6 Å². The van der Waals surface area contributed by atoms with E-state index in [4.69, 9.17) is 18.5 Å². The van der Waals surface area contributed by atoms with Crippen molar-refractivity contribution in [2.45, 2.75) is 13.8 Å². The van der Waals surface area contributed by atoms with E-state index in [0.29, 0.717) is 13.2 Å². The maximum absolute atomic E-state index is 12.0. The number of carbonyl (C=O) groups excluding carboxylic acids is 1. The van der Waals surface area contributed by atoms with E-state index in [1.54, 1.807) is 13.8 Å². The third-order valence-electron chi connectivity index (χ3n) is 1.74. The molecule has 106 valence electrons. The summed E-state index contributed by atoms with van der Waals surface area (Å²) in [4.78, 5) is 11.1. The molecule has 6 nitrogen and oxygen atoms in total. The lowest BCUT2D eigenvalue weighted by molar-refractivity contribution is -0.147. The van der Waals surface area contributed by atoms with Crippen LogP contribution in [-0.2, 0) is 27.9 Å². The molecule has 0 N–H and O–H groups in total. The molecular weight excluding hydrogens is 259 g/mol. The van der Waals surface area contributed by atoms with E-state index in [9.17, 15) is 9.36 Å². The molecule has 0 heterocycles. The fourth-order valence-electron chi connectivity index (χ4n) is 1.09. The predicted octanol–water partition coefficient (Wildman–Crippen LogP) is 2.00. The van der Waals surface area contributed by atoms with Gasteiger partial charge < -0.3 is 18.5 Å². The van der Waals surface area contributed by atoms with Gasteiger partial charge in [0.1, 0.15) is 13.2 Å². The van der Waals surface area contributed by atoms with Gasteiger partial charge >= 0.3 is 13.6 Å². The average molecular weight is 280 g/mol. The fourth-order valence-corrected chi connectivity index (χ4v) is 2.56. The second-order valence-corrected chi connectivity index (χ2v) is 5.38. The van der Waals surface area contributed by atoms with Gasteiger partial charge in [-0.05, 0) is 13.8 Å². The van der Waals surface area contributed by atoms with Crippen molar-refractivity contribution in [1.29, 1.82) is 0 Å². The number of ether oxygens (including phenoxy) is 2. The Kier molecular flexibility index (Phi) is 9.87. The highest BCUT2D eigenvalue weighted by Gasteiger charge is 2.23. The first-order valence-electron chi connectivity index (χ1n) is 5.80. The van der Waals surface area contributed by atoms with Crippen molar-refractivity contribution in [3.63, 3.8) is 0 Å². The van der Waals surface area contributed by atoms with Crippen molar-refractivity contribution in [3.8, 4) is 0 Å². The van der Waals surface area contributed by atoms with Gasteiger partial charge in [0.15, 0.2) is 0 Å². The molecule has 0 aromatic heterocycles. The molecule has 0 fully saturated rings. The maximum Gasteiger partial charge on any atom is 0.332 e. The molecule has 0 saturated carbocycles. The smallest absolute Gasteiger partial charge is 0.332 e. The lowest BCUT2D eigenvalue weighted by atomic mass is 10.6. The maximum atomic E-state index is 12.0. The Balaban J connectivity index is 3.82. The average Bonchev–Trinajstić information content (AvgIpc) is 2.33. The molecule has 0 amide bonds. The van der Waals surface area contributed by atoms with E-state index in [-0.39, 0.29) is 26.0 Å². The van der Waals surface area contributed by atoms with Crippen molar-refractivity contribution in [1.82, 2.24) is 0 Å². The van der Waals surface area contributed by atoms with E-state index in [1.165, 1.54) is 6.08 Å². The summed E-state index contributed by atoms with van der Waals surface area (Å²) in [5.74, 6) is -0.488. The van der Waals surface area contributed by atoms with Crippen LogP contribution in [0.2, 0.25) is 0 Å². The molecule has 0 aliphatic rings. The second kappa shape index (κ2) is 10.3. The highest BCUT2D eigenvalue weighted by molar-refractivity contribution is 7.53. The summed E-state index contributed by atoms with van der Waals surface area (Å²) in [5.41, 5.74) is 0. The van der Waals surface area contributed by atoms with Crippen molar-refractivity contribution < 1.29 is 27.9 Å². The van der Waals surface area contributed by atoms with Crippen LogP contribution in [-0.4, -0.2) is 45.2 Å². The Morgan fingerprint density at radius 1 is 1.28 bits per heavy atom. The quantitative estimate of drug-likeness (QED) is 0.249. The van der Waals surface area contributed by atoms with Crippen LogP contribution in [0.15, 0.2) is 12.7 Å². The topological polar surface area (TPSA) is 71.1 Å². The van der Waals surface area contributed by atoms with Gasteiger partial charge in [-0.3, -0.25) is 4.57 Å². The minimum atomic E-state index is -3.09. The molecule has 0 aromatic rings. The van der Waals surface area contributed by atoms with Crippen molar-refractivity contribution in [3.05, 3.63) is 12.7 Å². The molecule has 0 unspecified atom stereocenters. The molecule has 0 saturated heterocycles. The van der Waals surface area contributed by atoms with E-state index >= 15 is 0 Å². The lowest BCUT2D eigenvalue weighted by Crippen LogP contribution is -2.15. The van der Waals surface area contributed by atoms with Gasteiger partial charge in [0.2, 0.25) is 0 Å². The summed E-state index contributed by atoms with van der Waals surface area (Å²) in [6, 6.07) is 0. The third kappa shape index (κ3) is 8.42. The molecule has 0 radical (unpaired) electrons.